The van der Waals surface area contributed by atoms with Gasteiger partial charge in [-0.2, -0.15) is 4.31 Å². The number of carbonyl (C=O) groups excluding carboxylic acids is 1. The summed E-state index contributed by atoms with van der Waals surface area (Å²) in [6.07, 6.45) is 1.60. The van der Waals surface area contributed by atoms with E-state index in [0.29, 0.717) is 56.0 Å². The number of aryl methyl sites for hydroxylation is 1. The van der Waals surface area contributed by atoms with Crippen molar-refractivity contribution in [3.05, 3.63) is 60.2 Å². The van der Waals surface area contributed by atoms with Gasteiger partial charge in [0, 0.05) is 38.3 Å². The van der Waals surface area contributed by atoms with E-state index in [1.54, 1.807) is 35.2 Å². The molecule has 152 valence electrons. The molecule has 1 amide bonds. The van der Waals surface area contributed by atoms with Crippen molar-refractivity contribution in [1.82, 2.24) is 9.21 Å². The Labute approximate surface area is 172 Å². The Bertz CT molecular complexity index is 891. The molecule has 28 heavy (non-hydrogen) atoms. The smallest absolute Gasteiger partial charge is 0.243 e. The molecule has 1 aliphatic rings. The van der Waals surface area contributed by atoms with Crippen LogP contribution in [0.1, 0.15) is 18.4 Å². The van der Waals surface area contributed by atoms with Gasteiger partial charge in [0.2, 0.25) is 15.9 Å². The van der Waals surface area contributed by atoms with Crippen LogP contribution in [0.4, 0.5) is 5.69 Å². The van der Waals surface area contributed by atoms with Crippen LogP contribution in [0.2, 0.25) is 0 Å². The Morgan fingerprint density at radius 3 is 2.32 bits per heavy atom. The Kier molecular flexibility index (Phi) is 7.86. The molecule has 2 aromatic carbocycles. The van der Waals surface area contributed by atoms with E-state index in [9.17, 15) is 13.2 Å². The molecule has 2 N–H and O–H groups in total. The minimum Gasteiger partial charge on any atom is -0.399 e. The maximum atomic E-state index is 12.8. The zero-order valence-corrected chi connectivity index (χ0v) is 17.3. The number of hydrogen-bond acceptors (Lipinski definition) is 4. The van der Waals surface area contributed by atoms with Crippen molar-refractivity contribution in [3.63, 3.8) is 0 Å². The lowest BCUT2D eigenvalue weighted by atomic mass is 10.1. The van der Waals surface area contributed by atoms with Crippen molar-refractivity contribution in [2.24, 2.45) is 0 Å². The average Bonchev–Trinajstić information content (AvgIpc) is 2.95. The van der Waals surface area contributed by atoms with Crippen LogP contribution in [0.25, 0.3) is 0 Å². The molecule has 0 unspecified atom stereocenters. The molecule has 1 fully saturated rings. The van der Waals surface area contributed by atoms with Crippen molar-refractivity contribution in [2.45, 2.75) is 24.2 Å². The Morgan fingerprint density at radius 1 is 0.929 bits per heavy atom. The molecule has 0 aromatic heterocycles. The number of nitrogens with zero attached hydrogens (tertiary/aromatic N) is 2. The van der Waals surface area contributed by atoms with Crippen LogP contribution in [0, 0.1) is 0 Å². The lowest BCUT2D eigenvalue weighted by Crippen LogP contribution is -2.37. The largest absolute Gasteiger partial charge is 0.399 e. The van der Waals surface area contributed by atoms with Crippen LogP contribution in [0.5, 0.6) is 0 Å². The monoisotopic (exact) mass is 423 g/mol. The second-order valence-electron chi connectivity index (χ2n) is 6.65. The van der Waals surface area contributed by atoms with Crippen molar-refractivity contribution >= 4 is 34.0 Å². The van der Waals surface area contributed by atoms with Gasteiger partial charge in [0.1, 0.15) is 0 Å². The number of halogens is 1. The first kappa shape index (κ1) is 22.2. The third-order valence-corrected chi connectivity index (χ3v) is 6.76. The first-order valence-corrected chi connectivity index (χ1v) is 10.6. The highest BCUT2D eigenvalue weighted by atomic mass is 35.5. The van der Waals surface area contributed by atoms with Crippen molar-refractivity contribution in [3.8, 4) is 0 Å². The third kappa shape index (κ3) is 5.25. The van der Waals surface area contributed by atoms with Gasteiger partial charge in [-0.25, -0.2) is 8.42 Å². The SMILES string of the molecule is Cl.Nc1ccccc1CCC(=O)N1CCCN(S(=O)(=O)c2ccccc2)CC1. The normalized spacial score (nSPS) is 15.5. The first-order chi connectivity index (χ1) is 13.0. The number of hydrogen-bond donors (Lipinski definition) is 1. The number of anilines is 1. The molecule has 6 nitrogen and oxygen atoms in total. The highest BCUT2D eigenvalue weighted by Crippen LogP contribution is 2.18. The van der Waals surface area contributed by atoms with E-state index < -0.39 is 10.0 Å². The molecule has 2 aromatic rings. The molecule has 0 bridgehead atoms. The Hall–Kier alpha value is -2.09. The minimum absolute atomic E-state index is 0. The molecule has 0 spiro atoms. The molecule has 0 atom stereocenters. The van der Waals surface area contributed by atoms with Gasteiger partial charge in [-0.3, -0.25) is 4.79 Å². The lowest BCUT2D eigenvalue weighted by Gasteiger charge is -2.22. The van der Waals surface area contributed by atoms with Gasteiger partial charge in [-0.05, 0) is 36.6 Å². The van der Waals surface area contributed by atoms with Gasteiger partial charge < -0.3 is 10.6 Å². The fraction of sp³-hybridized carbons (Fsp3) is 0.350. The molecule has 8 heteroatoms. The number of nitrogen functional groups attached to an aromatic ring is 1. The quantitative estimate of drug-likeness (QED) is 0.749. The predicted octanol–water partition coefficient (Wildman–Crippen LogP) is 2.55. The second kappa shape index (κ2) is 9.91. The first-order valence-electron chi connectivity index (χ1n) is 9.15. The highest BCUT2D eigenvalue weighted by Gasteiger charge is 2.27. The average molecular weight is 424 g/mol. The van der Waals surface area contributed by atoms with Crippen LogP contribution in [0.3, 0.4) is 0 Å². The molecule has 1 saturated heterocycles. The van der Waals surface area contributed by atoms with Crippen molar-refractivity contribution < 1.29 is 13.2 Å². The Morgan fingerprint density at radius 2 is 1.61 bits per heavy atom. The van der Waals surface area contributed by atoms with E-state index in [0.717, 1.165) is 5.56 Å². The summed E-state index contributed by atoms with van der Waals surface area (Å²) in [4.78, 5) is 14.6. The summed E-state index contributed by atoms with van der Waals surface area (Å²) in [5.74, 6) is 0.0391. The molecule has 1 aliphatic heterocycles. The van der Waals surface area contributed by atoms with E-state index in [4.69, 9.17) is 5.73 Å². The third-order valence-electron chi connectivity index (χ3n) is 4.85. The lowest BCUT2D eigenvalue weighted by molar-refractivity contribution is -0.131. The van der Waals surface area contributed by atoms with E-state index in [2.05, 4.69) is 0 Å². The molecule has 0 aliphatic carbocycles. The van der Waals surface area contributed by atoms with Gasteiger partial charge in [0.25, 0.3) is 0 Å². The number of benzene rings is 2. The molecular formula is C20H26ClN3O3S. The molecule has 1 heterocycles. The van der Waals surface area contributed by atoms with E-state index in [1.165, 1.54) is 4.31 Å². The number of amides is 1. The molecule has 3 rings (SSSR count). The maximum absolute atomic E-state index is 12.8. The van der Waals surface area contributed by atoms with Crippen LogP contribution >= 0.6 is 12.4 Å². The minimum atomic E-state index is -3.52. The van der Waals surface area contributed by atoms with Crippen LogP contribution in [0.15, 0.2) is 59.5 Å². The number of para-hydroxylation sites is 1. The number of rotatable bonds is 5. The molecular weight excluding hydrogens is 398 g/mol. The van der Waals surface area contributed by atoms with Gasteiger partial charge in [-0.1, -0.05) is 36.4 Å². The summed E-state index contributed by atoms with van der Waals surface area (Å²) in [5, 5.41) is 0. The van der Waals surface area contributed by atoms with Gasteiger partial charge in [-0.15, -0.1) is 12.4 Å². The summed E-state index contributed by atoms with van der Waals surface area (Å²) in [5.41, 5.74) is 7.60. The maximum Gasteiger partial charge on any atom is 0.243 e. The van der Waals surface area contributed by atoms with Crippen LogP contribution in [-0.2, 0) is 21.2 Å². The zero-order valence-electron chi connectivity index (χ0n) is 15.7. The van der Waals surface area contributed by atoms with Gasteiger partial charge >= 0.3 is 0 Å². The van der Waals surface area contributed by atoms with Crippen molar-refractivity contribution in [2.75, 3.05) is 31.9 Å². The topological polar surface area (TPSA) is 83.7 Å². The van der Waals surface area contributed by atoms with E-state index in [1.807, 2.05) is 24.3 Å². The fourth-order valence-corrected chi connectivity index (χ4v) is 4.78. The number of sulfonamides is 1. The zero-order chi connectivity index (χ0) is 19.3. The van der Waals surface area contributed by atoms with Crippen molar-refractivity contribution in [1.29, 1.82) is 0 Å². The predicted molar refractivity (Wildman–Crippen MR) is 113 cm³/mol. The van der Waals surface area contributed by atoms with Gasteiger partial charge in [0.05, 0.1) is 4.90 Å². The molecule has 0 radical (unpaired) electrons. The second-order valence-corrected chi connectivity index (χ2v) is 8.59. The molecule has 0 saturated carbocycles. The standard InChI is InChI=1S/C20H25N3O3S.ClH/c21-19-10-5-4-7-17(19)11-12-20(24)22-13-6-14-23(16-15-22)27(25,26)18-8-2-1-3-9-18;/h1-5,7-10H,6,11-16,21H2;1H. The number of carbonyl (C=O) groups is 1. The highest BCUT2D eigenvalue weighted by molar-refractivity contribution is 7.89. The van der Waals surface area contributed by atoms with Crippen LogP contribution < -0.4 is 5.73 Å². The van der Waals surface area contributed by atoms with Crippen LogP contribution in [-0.4, -0.2) is 49.7 Å². The summed E-state index contributed by atoms with van der Waals surface area (Å²) in [6, 6.07) is 16.0. The van der Waals surface area contributed by atoms with E-state index in [-0.39, 0.29) is 18.3 Å². The van der Waals surface area contributed by atoms with E-state index >= 15 is 0 Å². The summed E-state index contributed by atoms with van der Waals surface area (Å²) < 4.78 is 27.0. The summed E-state index contributed by atoms with van der Waals surface area (Å²) in [7, 11) is -3.52. The summed E-state index contributed by atoms with van der Waals surface area (Å²) in [6.45, 7) is 1.72. The van der Waals surface area contributed by atoms with Gasteiger partial charge in [0.15, 0.2) is 0 Å². The number of nitrogens with two attached hydrogens (primary N) is 1. The summed E-state index contributed by atoms with van der Waals surface area (Å²) >= 11 is 0. The fourth-order valence-electron chi connectivity index (χ4n) is 3.29. The Balaban J connectivity index is 0.00000280.